The van der Waals surface area contributed by atoms with Crippen LogP contribution in [0.2, 0.25) is 0 Å². The number of aliphatic hydroxyl groups excluding tert-OH is 1. The number of hydrogen-bond acceptors (Lipinski definition) is 2. The summed E-state index contributed by atoms with van der Waals surface area (Å²) in [5.74, 6) is 0.889. The number of hydrogen-bond donors (Lipinski definition) is 1. The van der Waals surface area contributed by atoms with E-state index in [0.29, 0.717) is 0 Å². The molecule has 4 nitrogen and oxygen atoms in total. The Morgan fingerprint density at radius 3 is 2.11 bits per heavy atom. The molecule has 0 fully saturated rings. The Labute approximate surface area is 167 Å². The lowest BCUT2D eigenvalue weighted by Crippen LogP contribution is -2.35. The molecule has 4 heteroatoms. The van der Waals surface area contributed by atoms with E-state index in [9.17, 15) is 0 Å². The molecule has 3 rings (SSSR count). The van der Waals surface area contributed by atoms with Gasteiger partial charge in [-0.15, -0.1) is 0 Å². The summed E-state index contributed by atoms with van der Waals surface area (Å²) >= 11 is 0. The second-order valence-corrected chi connectivity index (χ2v) is 7.11. The summed E-state index contributed by atoms with van der Waals surface area (Å²) in [6.07, 6.45) is 12.6. The molecule has 0 aliphatic rings. The molecule has 0 spiro atoms. The van der Waals surface area contributed by atoms with Crippen LogP contribution in [-0.2, 0) is 25.9 Å². The van der Waals surface area contributed by atoms with Gasteiger partial charge in [0.15, 0.2) is 31.3 Å². The number of pyridine rings is 2. The third-order valence-electron chi connectivity index (χ3n) is 4.87. The summed E-state index contributed by atoms with van der Waals surface area (Å²) in [7, 11) is 1.69. The highest BCUT2D eigenvalue weighted by Crippen LogP contribution is 2.11. The molecule has 0 bridgehead atoms. The van der Waals surface area contributed by atoms with Gasteiger partial charge in [0, 0.05) is 41.9 Å². The Balaban J connectivity index is 1.53. The number of rotatable bonds is 10. The molecular formula is C24H30N2O2+2. The van der Waals surface area contributed by atoms with E-state index < -0.39 is 0 Å². The van der Waals surface area contributed by atoms with E-state index in [4.69, 9.17) is 9.84 Å². The molecular weight excluding hydrogens is 348 g/mol. The van der Waals surface area contributed by atoms with Crippen molar-refractivity contribution in [2.75, 3.05) is 13.7 Å². The van der Waals surface area contributed by atoms with Crippen molar-refractivity contribution < 1.29 is 19.0 Å². The Hall–Kier alpha value is -2.72. The molecule has 0 amide bonds. The third-order valence-corrected chi connectivity index (χ3v) is 4.87. The molecule has 0 atom stereocenters. The van der Waals surface area contributed by atoms with Crippen molar-refractivity contribution >= 4 is 0 Å². The third kappa shape index (κ3) is 6.17. The van der Waals surface area contributed by atoms with Gasteiger partial charge in [0.2, 0.25) is 0 Å². The van der Waals surface area contributed by atoms with Gasteiger partial charge < -0.3 is 9.84 Å². The number of aryl methyl sites for hydroxylation is 3. The highest BCUT2D eigenvalue weighted by Gasteiger charge is 2.07. The zero-order chi connectivity index (χ0) is 19.6. The first kappa shape index (κ1) is 20.0. The molecule has 0 radical (unpaired) electrons. The smallest absolute Gasteiger partial charge is 0.173 e. The molecule has 146 valence electrons. The zero-order valence-electron chi connectivity index (χ0n) is 16.6. The summed E-state index contributed by atoms with van der Waals surface area (Å²) < 4.78 is 9.71. The van der Waals surface area contributed by atoms with Crippen LogP contribution in [0.4, 0.5) is 0 Å². The molecule has 0 aliphatic carbocycles. The fraction of sp³-hybridized carbons (Fsp3) is 0.333. The Morgan fingerprint density at radius 1 is 0.786 bits per heavy atom. The van der Waals surface area contributed by atoms with Crippen molar-refractivity contribution in [3.63, 3.8) is 0 Å². The molecule has 3 aromatic rings. The lowest BCUT2D eigenvalue weighted by molar-refractivity contribution is -0.697. The SMILES string of the molecule is COc1ccc(C[n+]2cccc(CCC[n+]3cccc(CCCO)c3)c2)cc1. The van der Waals surface area contributed by atoms with Crippen molar-refractivity contribution in [1.82, 2.24) is 0 Å². The summed E-state index contributed by atoms with van der Waals surface area (Å²) in [5.41, 5.74) is 3.90. The first-order chi connectivity index (χ1) is 13.8. The molecule has 2 aromatic heterocycles. The maximum Gasteiger partial charge on any atom is 0.173 e. The van der Waals surface area contributed by atoms with E-state index in [1.165, 1.54) is 16.7 Å². The minimum absolute atomic E-state index is 0.249. The number of aromatic nitrogens is 2. The number of methoxy groups -OCH3 is 1. The van der Waals surface area contributed by atoms with Gasteiger partial charge in [0.05, 0.1) is 7.11 Å². The molecule has 2 heterocycles. The van der Waals surface area contributed by atoms with E-state index in [1.807, 2.05) is 12.1 Å². The van der Waals surface area contributed by atoms with Crippen LogP contribution in [0.3, 0.4) is 0 Å². The van der Waals surface area contributed by atoms with Gasteiger partial charge in [-0.25, -0.2) is 9.13 Å². The van der Waals surface area contributed by atoms with Gasteiger partial charge in [-0.05, 0) is 55.7 Å². The number of benzene rings is 1. The lowest BCUT2D eigenvalue weighted by atomic mass is 10.1. The average Bonchev–Trinajstić information content (AvgIpc) is 2.73. The Kier molecular flexibility index (Phi) is 7.56. The van der Waals surface area contributed by atoms with E-state index in [0.717, 1.165) is 44.5 Å². The van der Waals surface area contributed by atoms with E-state index in [1.54, 1.807) is 7.11 Å². The van der Waals surface area contributed by atoms with Gasteiger partial charge in [-0.1, -0.05) is 0 Å². The standard InChI is InChI=1S/C24H30N2O2/c1-28-24-12-10-23(11-13-24)20-26-16-4-8-21(19-26)6-2-14-25-15-3-7-22(18-25)9-5-17-27/h3-4,7-8,10-13,15-16,18-19,27H,2,5-6,9,14,17,20H2,1H3/q+2. The maximum atomic E-state index is 8.99. The molecule has 1 aromatic carbocycles. The van der Waals surface area contributed by atoms with Gasteiger partial charge in [-0.3, -0.25) is 0 Å². The first-order valence-electron chi connectivity index (χ1n) is 9.96. The molecule has 0 saturated heterocycles. The maximum absolute atomic E-state index is 8.99. The van der Waals surface area contributed by atoms with E-state index >= 15 is 0 Å². The summed E-state index contributed by atoms with van der Waals surface area (Å²) in [6, 6.07) is 16.8. The molecule has 1 N–H and O–H groups in total. The fourth-order valence-corrected chi connectivity index (χ4v) is 3.38. The van der Waals surface area contributed by atoms with Crippen molar-refractivity contribution in [3.05, 3.63) is 90.0 Å². The van der Waals surface area contributed by atoms with Gasteiger partial charge in [0.1, 0.15) is 12.3 Å². The quantitative estimate of drug-likeness (QED) is 0.551. The average molecular weight is 379 g/mol. The van der Waals surface area contributed by atoms with Crippen LogP contribution >= 0.6 is 0 Å². The number of nitrogens with zero attached hydrogens (tertiary/aromatic N) is 2. The second kappa shape index (κ2) is 10.6. The van der Waals surface area contributed by atoms with Crippen molar-refractivity contribution in [1.29, 1.82) is 0 Å². The van der Waals surface area contributed by atoms with E-state index in [2.05, 4.69) is 70.3 Å². The largest absolute Gasteiger partial charge is 0.497 e. The molecule has 0 aliphatic heterocycles. The van der Waals surface area contributed by atoms with Crippen LogP contribution in [0.5, 0.6) is 5.75 Å². The number of ether oxygens (including phenoxy) is 1. The van der Waals surface area contributed by atoms with E-state index in [-0.39, 0.29) is 6.61 Å². The Morgan fingerprint density at radius 2 is 1.43 bits per heavy atom. The van der Waals surface area contributed by atoms with Crippen LogP contribution < -0.4 is 13.9 Å². The van der Waals surface area contributed by atoms with Crippen LogP contribution in [0.1, 0.15) is 29.5 Å². The normalized spacial score (nSPS) is 10.8. The predicted molar refractivity (Wildman–Crippen MR) is 109 cm³/mol. The minimum atomic E-state index is 0.249. The van der Waals surface area contributed by atoms with Crippen LogP contribution in [-0.4, -0.2) is 18.8 Å². The first-order valence-corrected chi connectivity index (χ1v) is 9.96. The van der Waals surface area contributed by atoms with Gasteiger partial charge in [-0.2, -0.15) is 0 Å². The molecule has 0 saturated carbocycles. The molecule has 0 unspecified atom stereocenters. The van der Waals surface area contributed by atoms with Gasteiger partial charge in [0.25, 0.3) is 0 Å². The van der Waals surface area contributed by atoms with Crippen molar-refractivity contribution in [3.8, 4) is 5.75 Å². The predicted octanol–water partition coefficient (Wildman–Crippen LogP) is 2.88. The topological polar surface area (TPSA) is 37.2 Å². The van der Waals surface area contributed by atoms with Crippen LogP contribution in [0.15, 0.2) is 73.3 Å². The van der Waals surface area contributed by atoms with Crippen LogP contribution in [0.25, 0.3) is 0 Å². The summed E-state index contributed by atoms with van der Waals surface area (Å²) in [5, 5.41) is 8.99. The Bertz CT molecular complexity index is 862. The van der Waals surface area contributed by atoms with Crippen molar-refractivity contribution in [2.24, 2.45) is 0 Å². The lowest BCUT2D eigenvalue weighted by Gasteiger charge is -2.03. The monoisotopic (exact) mass is 378 g/mol. The zero-order valence-corrected chi connectivity index (χ0v) is 16.6. The second-order valence-electron chi connectivity index (χ2n) is 7.11. The summed E-state index contributed by atoms with van der Waals surface area (Å²) in [4.78, 5) is 0. The summed E-state index contributed by atoms with van der Waals surface area (Å²) in [6.45, 7) is 2.11. The minimum Gasteiger partial charge on any atom is -0.497 e. The molecule has 28 heavy (non-hydrogen) atoms. The van der Waals surface area contributed by atoms with Crippen molar-refractivity contribution in [2.45, 2.75) is 38.8 Å². The fourth-order valence-electron chi connectivity index (χ4n) is 3.38. The van der Waals surface area contributed by atoms with Crippen LogP contribution in [0, 0.1) is 0 Å². The highest BCUT2D eigenvalue weighted by molar-refractivity contribution is 5.26. The van der Waals surface area contributed by atoms with Gasteiger partial charge >= 0.3 is 0 Å². The highest BCUT2D eigenvalue weighted by atomic mass is 16.5. The number of aliphatic hydroxyl groups is 1.